The van der Waals surface area contributed by atoms with E-state index < -0.39 is 0 Å². The van der Waals surface area contributed by atoms with E-state index in [1.54, 1.807) is 12.1 Å². The second-order valence-corrected chi connectivity index (χ2v) is 7.41. The molecule has 0 unspecified atom stereocenters. The lowest BCUT2D eigenvalue weighted by molar-refractivity contribution is -0.140. The SMILES string of the molecule is C[C@@H]1CN(C(=O)CSc2nnc(-c3cccc(Cl)c3)n2N)C[C@@H](C)O1. The van der Waals surface area contributed by atoms with Crippen LogP contribution in [0.1, 0.15) is 13.8 Å². The Morgan fingerprint density at radius 2 is 2.08 bits per heavy atom. The van der Waals surface area contributed by atoms with E-state index in [4.69, 9.17) is 22.2 Å². The number of nitrogen functional groups attached to an aromatic ring is 1. The van der Waals surface area contributed by atoms with Crippen LogP contribution in [0.15, 0.2) is 29.4 Å². The van der Waals surface area contributed by atoms with Crippen LogP contribution in [0.4, 0.5) is 0 Å². The standard InChI is InChI=1S/C16H20ClN5O2S/c1-10-7-21(8-11(2)24-10)14(23)9-25-16-20-19-15(22(16)18)12-4-3-5-13(17)6-12/h3-6,10-11H,7-9,18H2,1-2H3/t10-,11-/m1/s1. The average Bonchev–Trinajstić information content (AvgIpc) is 2.92. The lowest BCUT2D eigenvalue weighted by atomic mass is 10.2. The third-order valence-corrected chi connectivity index (χ3v) is 5.01. The molecule has 1 aromatic heterocycles. The zero-order valence-corrected chi connectivity index (χ0v) is 15.6. The van der Waals surface area contributed by atoms with E-state index in [0.717, 1.165) is 5.56 Å². The van der Waals surface area contributed by atoms with E-state index in [9.17, 15) is 4.79 Å². The van der Waals surface area contributed by atoms with Crippen molar-refractivity contribution in [1.82, 2.24) is 19.8 Å². The second-order valence-electron chi connectivity index (χ2n) is 6.03. The quantitative estimate of drug-likeness (QED) is 0.644. The predicted octanol–water partition coefficient (Wildman–Crippen LogP) is 2.04. The van der Waals surface area contributed by atoms with Gasteiger partial charge in [0.05, 0.1) is 18.0 Å². The molecule has 2 heterocycles. The second kappa shape index (κ2) is 7.63. The minimum Gasteiger partial charge on any atom is -0.372 e. The van der Waals surface area contributed by atoms with Crippen molar-refractivity contribution in [2.45, 2.75) is 31.2 Å². The molecule has 0 radical (unpaired) electrons. The Kier molecular flexibility index (Phi) is 5.51. The first-order valence-corrected chi connectivity index (χ1v) is 9.33. The Hall–Kier alpha value is -1.77. The molecule has 1 amide bonds. The van der Waals surface area contributed by atoms with Crippen LogP contribution in [-0.2, 0) is 9.53 Å². The van der Waals surface area contributed by atoms with Crippen molar-refractivity contribution in [3.63, 3.8) is 0 Å². The van der Waals surface area contributed by atoms with E-state index in [1.165, 1.54) is 16.4 Å². The zero-order valence-electron chi connectivity index (χ0n) is 14.1. The van der Waals surface area contributed by atoms with Crippen molar-refractivity contribution in [2.24, 2.45) is 0 Å². The van der Waals surface area contributed by atoms with Gasteiger partial charge in [0, 0.05) is 23.7 Å². The lowest BCUT2D eigenvalue weighted by Gasteiger charge is -2.35. The summed E-state index contributed by atoms with van der Waals surface area (Å²) in [5, 5.41) is 9.27. The molecule has 1 aliphatic heterocycles. The highest BCUT2D eigenvalue weighted by Crippen LogP contribution is 2.24. The Bertz CT molecular complexity index is 759. The average molecular weight is 382 g/mol. The molecule has 7 nitrogen and oxygen atoms in total. The first kappa shape index (κ1) is 18.0. The summed E-state index contributed by atoms with van der Waals surface area (Å²) < 4.78 is 7.04. The van der Waals surface area contributed by atoms with Gasteiger partial charge in [0.25, 0.3) is 0 Å². The molecule has 2 N–H and O–H groups in total. The van der Waals surface area contributed by atoms with Gasteiger partial charge in [-0.15, -0.1) is 10.2 Å². The molecule has 1 fully saturated rings. The van der Waals surface area contributed by atoms with Crippen LogP contribution in [0.5, 0.6) is 0 Å². The molecule has 3 rings (SSSR count). The number of hydrogen-bond donors (Lipinski definition) is 1. The third kappa shape index (κ3) is 4.26. The maximum Gasteiger partial charge on any atom is 0.233 e. The Morgan fingerprint density at radius 3 is 2.76 bits per heavy atom. The number of carbonyl (C=O) groups excluding carboxylic acids is 1. The molecule has 9 heteroatoms. The number of aromatic nitrogens is 3. The summed E-state index contributed by atoms with van der Waals surface area (Å²) in [5.41, 5.74) is 0.775. The molecule has 134 valence electrons. The molecule has 25 heavy (non-hydrogen) atoms. The number of carbonyl (C=O) groups is 1. The normalized spacial score (nSPS) is 20.7. The minimum absolute atomic E-state index is 0.0410. The Morgan fingerprint density at radius 1 is 1.36 bits per heavy atom. The molecular weight excluding hydrogens is 362 g/mol. The summed E-state index contributed by atoms with van der Waals surface area (Å²) in [4.78, 5) is 14.2. The number of nitrogens with zero attached hydrogens (tertiary/aromatic N) is 4. The summed E-state index contributed by atoms with van der Waals surface area (Å²) in [6, 6.07) is 7.23. The van der Waals surface area contributed by atoms with E-state index in [-0.39, 0.29) is 23.9 Å². The number of benzene rings is 1. The van der Waals surface area contributed by atoms with Gasteiger partial charge in [0.15, 0.2) is 5.82 Å². The number of morpholine rings is 1. The van der Waals surface area contributed by atoms with Crippen molar-refractivity contribution >= 4 is 29.3 Å². The van der Waals surface area contributed by atoms with E-state index >= 15 is 0 Å². The number of rotatable bonds is 4. The first-order valence-electron chi connectivity index (χ1n) is 7.96. The van der Waals surface area contributed by atoms with Gasteiger partial charge >= 0.3 is 0 Å². The van der Waals surface area contributed by atoms with Crippen LogP contribution in [0.2, 0.25) is 5.02 Å². The fourth-order valence-corrected chi connectivity index (χ4v) is 3.75. The van der Waals surface area contributed by atoms with Gasteiger partial charge in [-0.3, -0.25) is 4.79 Å². The van der Waals surface area contributed by atoms with Crippen molar-refractivity contribution in [3.05, 3.63) is 29.3 Å². The zero-order chi connectivity index (χ0) is 18.0. The Labute approximate surface area is 155 Å². The topological polar surface area (TPSA) is 86.3 Å². The predicted molar refractivity (Wildman–Crippen MR) is 97.9 cm³/mol. The first-order chi connectivity index (χ1) is 11.9. The van der Waals surface area contributed by atoms with Crippen molar-refractivity contribution in [1.29, 1.82) is 0 Å². The van der Waals surface area contributed by atoms with Crippen molar-refractivity contribution in [3.8, 4) is 11.4 Å². The molecule has 0 saturated carbocycles. The van der Waals surface area contributed by atoms with Gasteiger partial charge in [-0.05, 0) is 26.0 Å². The molecule has 0 aliphatic carbocycles. The number of halogens is 1. The summed E-state index contributed by atoms with van der Waals surface area (Å²) in [5.74, 6) is 6.88. The van der Waals surface area contributed by atoms with Crippen LogP contribution in [0.3, 0.4) is 0 Å². The maximum atomic E-state index is 12.4. The summed E-state index contributed by atoms with van der Waals surface area (Å²) >= 11 is 7.27. The molecule has 1 aliphatic rings. The van der Waals surface area contributed by atoms with E-state index in [1.807, 2.05) is 30.9 Å². The van der Waals surface area contributed by atoms with Crippen molar-refractivity contribution in [2.75, 3.05) is 24.7 Å². The van der Waals surface area contributed by atoms with Gasteiger partial charge in [-0.1, -0.05) is 35.5 Å². The fraction of sp³-hybridized carbons (Fsp3) is 0.438. The smallest absolute Gasteiger partial charge is 0.233 e. The van der Waals surface area contributed by atoms with Gasteiger partial charge in [0.1, 0.15) is 0 Å². The molecule has 2 atom stereocenters. The van der Waals surface area contributed by atoms with Crippen LogP contribution in [0, 0.1) is 0 Å². The number of amides is 1. The fourth-order valence-electron chi connectivity index (χ4n) is 2.80. The number of thioether (sulfide) groups is 1. The van der Waals surface area contributed by atoms with Crippen LogP contribution in [0.25, 0.3) is 11.4 Å². The molecule has 2 aromatic rings. The van der Waals surface area contributed by atoms with Gasteiger partial charge in [-0.25, -0.2) is 4.68 Å². The highest BCUT2D eigenvalue weighted by molar-refractivity contribution is 7.99. The minimum atomic E-state index is 0.0410. The molecule has 0 spiro atoms. The number of hydrogen-bond acceptors (Lipinski definition) is 6. The molecular formula is C16H20ClN5O2S. The van der Waals surface area contributed by atoms with Crippen molar-refractivity contribution < 1.29 is 9.53 Å². The summed E-state index contributed by atoms with van der Waals surface area (Å²) in [7, 11) is 0. The summed E-state index contributed by atoms with van der Waals surface area (Å²) in [6.07, 6.45) is 0.0931. The van der Waals surface area contributed by atoms with E-state index in [2.05, 4.69) is 10.2 Å². The van der Waals surface area contributed by atoms with Gasteiger partial charge in [0.2, 0.25) is 11.1 Å². The number of ether oxygens (including phenoxy) is 1. The van der Waals surface area contributed by atoms with Gasteiger partial charge < -0.3 is 15.5 Å². The van der Waals surface area contributed by atoms with Crippen LogP contribution >= 0.6 is 23.4 Å². The van der Waals surface area contributed by atoms with Crippen LogP contribution < -0.4 is 5.84 Å². The molecule has 1 saturated heterocycles. The largest absolute Gasteiger partial charge is 0.372 e. The lowest BCUT2D eigenvalue weighted by Crippen LogP contribution is -2.48. The highest BCUT2D eigenvalue weighted by Gasteiger charge is 2.26. The van der Waals surface area contributed by atoms with E-state index in [0.29, 0.717) is 29.1 Å². The number of nitrogens with two attached hydrogens (primary N) is 1. The van der Waals surface area contributed by atoms with Gasteiger partial charge in [-0.2, -0.15) is 0 Å². The third-order valence-electron chi connectivity index (χ3n) is 3.84. The monoisotopic (exact) mass is 381 g/mol. The maximum absolute atomic E-state index is 12.4. The van der Waals surface area contributed by atoms with Crippen LogP contribution in [-0.4, -0.2) is 56.7 Å². The molecule has 1 aromatic carbocycles. The summed E-state index contributed by atoms with van der Waals surface area (Å²) in [6.45, 7) is 5.15. The molecule has 0 bridgehead atoms. The Balaban J connectivity index is 1.65. The highest BCUT2D eigenvalue weighted by atomic mass is 35.5.